The number of hydrogen-bond donors (Lipinski definition) is 3. The number of aliphatic carboxylic acids is 1. The Morgan fingerprint density at radius 2 is 1.78 bits per heavy atom. The van der Waals surface area contributed by atoms with Crippen LogP contribution in [0.15, 0.2) is 30.3 Å². The van der Waals surface area contributed by atoms with E-state index in [1.54, 1.807) is 0 Å². The van der Waals surface area contributed by atoms with Gasteiger partial charge in [-0.2, -0.15) is 0 Å². The highest BCUT2D eigenvalue weighted by Gasteiger charge is 2.16. The summed E-state index contributed by atoms with van der Waals surface area (Å²) in [5.74, 6) is -1.83. The highest BCUT2D eigenvalue weighted by atomic mass is 16.5. The summed E-state index contributed by atoms with van der Waals surface area (Å²) >= 11 is 0. The molecule has 0 saturated heterocycles. The monoisotopic (exact) mass is 382 g/mol. The Bertz CT molecular complexity index is 580. The molecule has 9 nitrogen and oxygen atoms in total. The molecule has 0 spiro atoms. The molecule has 1 rings (SSSR count). The Balaban J connectivity index is 2.03. The first kappa shape index (κ1) is 22.6. The van der Waals surface area contributed by atoms with Gasteiger partial charge in [-0.05, 0) is 12.0 Å². The van der Waals surface area contributed by atoms with Crippen LogP contribution in [0.1, 0.15) is 18.4 Å². The molecule has 0 aliphatic carbocycles. The van der Waals surface area contributed by atoms with Crippen molar-refractivity contribution >= 4 is 17.8 Å². The second-order valence-electron chi connectivity index (χ2n) is 5.65. The maximum absolute atomic E-state index is 11.8. The molecule has 9 heteroatoms. The van der Waals surface area contributed by atoms with Crippen LogP contribution in [0.5, 0.6) is 0 Å². The molecule has 27 heavy (non-hydrogen) atoms. The number of carbonyl (C=O) groups excluding carboxylic acids is 2. The van der Waals surface area contributed by atoms with Crippen LogP contribution >= 0.6 is 0 Å². The van der Waals surface area contributed by atoms with Crippen molar-refractivity contribution in [2.45, 2.75) is 25.5 Å². The Morgan fingerprint density at radius 1 is 1.07 bits per heavy atom. The van der Waals surface area contributed by atoms with Gasteiger partial charge in [0, 0.05) is 13.0 Å². The molecule has 1 atom stereocenters. The number of carbonyl (C=O) groups is 3. The summed E-state index contributed by atoms with van der Waals surface area (Å²) in [5.41, 5.74) is 6.60. The number of carboxylic acid groups (broad SMARTS) is 1. The largest absolute Gasteiger partial charge is 0.480 e. The van der Waals surface area contributed by atoms with Gasteiger partial charge >= 0.3 is 11.9 Å². The molecular weight excluding hydrogens is 356 g/mol. The van der Waals surface area contributed by atoms with Crippen molar-refractivity contribution < 1.29 is 33.7 Å². The molecule has 150 valence electrons. The van der Waals surface area contributed by atoms with Crippen molar-refractivity contribution in [3.63, 3.8) is 0 Å². The van der Waals surface area contributed by atoms with Crippen molar-refractivity contribution in [2.24, 2.45) is 5.73 Å². The first-order chi connectivity index (χ1) is 13.0. The van der Waals surface area contributed by atoms with E-state index in [-0.39, 0.29) is 51.8 Å². The van der Waals surface area contributed by atoms with Gasteiger partial charge in [0.05, 0.1) is 19.8 Å². The summed E-state index contributed by atoms with van der Waals surface area (Å²) < 4.78 is 15.1. The van der Waals surface area contributed by atoms with E-state index in [0.717, 1.165) is 5.56 Å². The lowest BCUT2D eigenvalue weighted by Gasteiger charge is -2.12. The fraction of sp³-hybridized carbons (Fsp3) is 0.500. The summed E-state index contributed by atoms with van der Waals surface area (Å²) in [7, 11) is 0. The Kier molecular flexibility index (Phi) is 11.4. The summed E-state index contributed by atoms with van der Waals surface area (Å²) in [4.78, 5) is 33.7. The lowest BCUT2D eigenvalue weighted by atomic mass is 10.1. The van der Waals surface area contributed by atoms with E-state index >= 15 is 0 Å². The SMILES string of the molecule is NC(CCC(=O)NCCOCCOCC(=O)O)C(=O)OCc1ccccc1. The molecule has 4 N–H and O–H groups in total. The Hall–Kier alpha value is -2.49. The molecule has 0 radical (unpaired) electrons. The van der Waals surface area contributed by atoms with E-state index in [9.17, 15) is 14.4 Å². The van der Waals surface area contributed by atoms with Crippen LogP contribution in [0.4, 0.5) is 0 Å². The van der Waals surface area contributed by atoms with Gasteiger partial charge in [-0.3, -0.25) is 9.59 Å². The molecule has 1 aromatic rings. The van der Waals surface area contributed by atoms with Crippen molar-refractivity contribution in [1.82, 2.24) is 5.32 Å². The molecule has 1 unspecified atom stereocenters. The summed E-state index contributed by atoms with van der Waals surface area (Å²) in [5, 5.41) is 11.0. The van der Waals surface area contributed by atoms with Crippen LogP contribution < -0.4 is 11.1 Å². The fourth-order valence-electron chi connectivity index (χ4n) is 1.97. The standard InChI is InChI=1S/C18H26N2O7/c19-15(18(24)27-12-14-4-2-1-3-5-14)6-7-16(21)20-8-9-25-10-11-26-13-17(22)23/h1-5,15H,6-13,19H2,(H,20,21)(H,22,23). The number of carboxylic acids is 1. The number of nitrogens with one attached hydrogen (secondary N) is 1. The van der Waals surface area contributed by atoms with Gasteiger partial charge in [0.25, 0.3) is 0 Å². The average molecular weight is 382 g/mol. The third-order valence-electron chi connectivity index (χ3n) is 3.38. The maximum Gasteiger partial charge on any atom is 0.329 e. The van der Waals surface area contributed by atoms with Gasteiger partial charge in [0.1, 0.15) is 19.3 Å². The number of hydrogen-bond acceptors (Lipinski definition) is 7. The van der Waals surface area contributed by atoms with Crippen LogP contribution in [0.3, 0.4) is 0 Å². The molecular formula is C18H26N2O7. The normalized spacial score (nSPS) is 11.6. The second-order valence-corrected chi connectivity index (χ2v) is 5.65. The van der Waals surface area contributed by atoms with Crippen molar-refractivity contribution in [3.05, 3.63) is 35.9 Å². The number of nitrogens with two attached hydrogens (primary N) is 1. The lowest BCUT2D eigenvalue weighted by Crippen LogP contribution is -2.35. The quantitative estimate of drug-likeness (QED) is 0.304. The van der Waals surface area contributed by atoms with Gasteiger partial charge in [0.15, 0.2) is 0 Å². The van der Waals surface area contributed by atoms with Gasteiger partial charge in [-0.15, -0.1) is 0 Å². The van der Waals surface area contributed by atoms with Gasteiger partial charge in [0.2, 0.25) is 5.91 Å². The maximum atomic E-state index is 11.8. The van der Waals surface area contributed by atoms with Crippen molar-refractivity contribution in [3.8, 4) is 0 Å². The number of rotatable bonds is 14. The zero-order valence-corrected chi connectivity index (χ0v) is 15.1. The van der Waals surface area contributed by atoms with Crippen LogP contribution in [-0.4, -0.2) is 62.0 Å². The zero-order valence-electron chi connectivity index (χ0n) is 15.1. The molecule has 0 bridgehead atoms. The third kappa shape index (κ3) is 11.7. The minimum Gasteiger partial charge on any atom is -0.480 e. The predicted molar refractivity (Wildman–Crippen MR) is 95.7 cm³/mol. The molecule has 0 aliphatic heterocycles. The predicted octanol–water partition coefficient (Wildman–Crippen LogP) is 0.0713. The van der Waals surface area contributed by atoms with E-state index in [1.807, 2.05) is 30.3 Å². The van der Waals surface area contributed by atoms with Gasteiger partial charge in [-0.25, -0.2) is 4.79 Å². The topological polar surface area (TPSA) is 137 Å². The van der Waals surface area contributed by atoms with E-state index in [4.69, 9.17) is 25.1 Å². The first-order valence-corrected chi connectivity index (χ1v) is 8.59. The van der Waals surface area contributed by atoms with Gasteiger partial charge in [-0.1, -0.05) is 30.3 Å². The summed E-state index contributed by atoms with van der Waals surface area (Å²) in [6, 6.07) is 8.38. The minimum absolute atomic E-state index is 0.101. The summed E-state index contributed by atoms with van der Waals surface area (Å²) in [6.45, 7) is 0.751. The molecule has 0 fully saturated rings. The van der Waals surface area contributed by atoms with Crippen molar-refractivity contribution in [1.29, 1.82) is 0 Å². The van der Waals surface area contributed by atoms with Crippen molar-refractivity contribution in [2.75, 3.05) is 33.0 Å². The van der Waals surface area contributed by atoms with Crippen LogP contribution in [0.25, 0.3) is 0 Å². The van der Waals surface area contributed by atoms with Crippen LogP contribution in [0.2, 0.25) is 0 Å². The Labute approximate surface area is 157 Å². The van der Waals surface area contributed by atoms with Gasteiger partial charge < -0.3 is 30.4 Å². The number of ether oxygens (including phenoxy) is 3. The zero-order chi connectivity index (χ0) is 19.9. The molecule has 1 amide bonds. The molecule has 0 aromatic heterocycles. The molecule has 0 aliphatic rings. The van der Waals surface area contributed by atoms with E-state index in [2.05, 4.69) is 5.32 Å². The fourth-order valence-corrected chi connectivity index (χ4v) is 1.97. The van der Waals surface area contributed by atoms with E-state index < -0.39 is 18.0 Å². The number of esters is 1. The number of benzene rings is 1. The van der Waals surface area contributed by atoms with E-state index in [0.29, 0.717) is 6.54 Å². The Morgan fingerprint density at radius 3 is 2.48 bits per heavy atom. The third-order valence-corrected chi connectivity index (χ3v) is 3.38. The minimum atomic E-state index is -1.04. The van der Waals surface area contributed by atoms with E-state index in [1.165, 1.54) is 0 Å². The second kappa shape index (κ2) is 13.7. The highest BCUT2D eigenvalue weighted by molar-refractivity contribution is 5.79. The average Bonchev–Trinajstić information content (AvgIpc) is 2.66. The van der Waals surface area contributed by atoms with Crippen LogP contribution in [-0.2, 0) is 35.2 Å². The first-order valence-electron chi connectivity index (χ1n) is 8.59. The lowest BCUT2D eigenvalue weighted by molar-refractivity contribution is -0.147. The smallest absolute Gasteiger partial charge is 0.329 e. The highest BCUT2D eigenvalue weighted by Crippen LogP contribution is 2.03. The molecule has 1 aromatic carbocycles. The summed E-state index contributed by atoms with van der Waals surface area (Å²) in [6.07, 6.45) is 0.284. The number of amides is 1. The van der Waals surface area contributed by atoms with Crippen LogP contribution in [0, 0.1) is 0 Å². The molecule has 0 heterocycles. The molecule has 0 saturated carbocycles.